The summed E-state index contributed by atoms with van der Waals surface area (Å²) in [5.74, 6) is 2.42. The summed E-state index contributed by atoms with van der Waals surface area (Å²) in [7, 11) is 3.62. The summed E-state index contributed by atoms with van der Waals surface area (Å²) in [6, 6.07) is 16.3. The van der Waals surface area contributed by atoms with Crippen LogP contribution in [0.15, 0.2) is 42.5 Å². The number of rotatable bonds is 7. The molecule has 6 heteroatoms. The number of hydrogen-bond donors (Lipinski definition) is 1. The first-order valence-electron chi connectivity index (χ1n) is 9.71. The maximum absolute atomic E-state index is 9.72. The Balaban J connectivity index is 0.000000941. The number of aryl methyl sites for hydroxylation is 1. The zero-order chi connectivity index (χ0) is 21.2. The molecule has 0 aliphatic heterocycles. The van der Waals surface area contributed by atoms with Crippen LogP contribution in [-0.4, -0.2) is 23.3 Å². The van der Waals surface area contributed by atoms with Crippen LogP contribution in [0.5, 0.6) is 5.75 Å². The van der Waals surface area contributed by atoms with E-state index in [9.17, 15) is 5.26 Å². The van der Waals surface area contributed by atoms with Crippen molar-refractivity contribution in [3.8, 4) is 23.1 Å². The van der Waals surface area contributed by atoms with E-state index >= 15 is 0 Å². The van der Waals surface area contributed by atoms with Gasteiger partial charge in [-0.2, -0.15) is 5.26 Å². The van der Waals surface area contributed by atoms with Crippen LogP contribution in [0, 0.1) is 11.3 Å². The molecule has 1 N–H and O–H groups in total. The summed E-state index contributed by atoms with van der Waals surface area (Å²) >= 11 is 7.34. The lowest BCUT2D eigenvalue weighted by atomic mass is 10.1. The van der Waals surface area contributed by atoms with Crippen molar-refractivity contribution >= 4 is 40.1 Å². The number of hydrogen-bond acceptors (Lipinski definition) is 4. The third-order valence-corrected chi connectivity index (χ3v) is 5.39. The number of aromatic nitrogens is 1. The van der Waals surface area contributed by atoms with Crippen LogP contribution < -0.4 is 9.46 Å². The molecule has 4 nitrogen and oxygen atoms in total. The Kier molecular flexibility index (Phi) is 9.24. The van der Waals surface area contributed by atoms with Crippen LogP contribution in [0.2, 0.25) is 0 Å². The van der Waals surface area contributed by atoms with E-state index in [4.69, 9.17) is 16.3 Å². The van der Waals surface area contributed by atoms with Gasteiger partial charge in [0, 0.05) is 35.8 Å². The van der Waals surface area contributed by atoms with E-state index in [1.54, 1.807) is 19.1 Å². The molecule has 0 fully saturated rings. The first-order chi connectivity index (χ1) is 14.1. The summed E-state index contributed by atoms with van der Waals surface area (Å²) in [5, 5.41) is 10.7. The van der Waals surface area contributed by atoms with E-state index < -0.39 is 0 Å². The third kappa shape index (κ3) is 5.62. The summed E-state index contributed by atoms with van der Waals surface area (Å²) in [5.41, 5.74) is 4.62. The fraction of sp³-hybridized carbons (Fsp3) is 0.348. The topological polar surface area (TPSA) is 50.0 Å². The lowest BCUT2D eigenvalue weighted by molar-refractivity contribution is 0.415. The quantitative estimate of drug-likeness (QED) is 0.254. The normalized spacial score (nSPS) is 10.2. The largest absolute Gasteiger partial charge is 0.497 e. The van der Waals surface area contributed by atoms with E-state index in [0.717, 1.165) is 45.8 Å². The number of nitrogens with one attached hydrogen (secondary N) is 1. The van der Waals surface area contributed by atoms with Crippen molar-refractivity contribution in [1.82, 2.24) is 4.57 Å². The van der Waals surface area contributed by atoms with Crippen molar-refractivity contribution in [2.45, 2.75) is 26.7 Å². The molecule has 1 aromatic heterocycles. The lowest BCUT2D eigenvalue weighted by Crippen LogP contribution is -1.94. The summed E-state index contributed by atoms with van der Waals surface area (Å²) in [4.78, 5) is 0. The van der Waals surface area contributed by atoms with Gasteiger partial charge in [0.05, 0.1) is 23.9 Å². The molecule has 1 heterocycles. The van der Waals surface area contributed by atoms with Crippen LogP contribution in [0.4, 0.5) is 5.69 Å². The molecular weight excluding hydrogens is 402 g/mol. The number of anilines is 1. The number of alkyl halides is 1. The van der Waals surface area contributed by atoms with Crippen molar-refractivity contribution in [3.63, 3.8) is 0 Å². The molecule has 0 saturated heterocycles. The molecule has 2 aromatic carbocycles. The van der Waals surface area contributed by atoms with Gasteiger partial charge in [0.2, 0.25) is 0 Å². The molecule has 0 radical (unpaired) electrons. The minimum absolute atomic E-state index is 0.677. The fourth-order valence-corrected chi connectivity index (χ4v) is 3.94. The fourth-order valence-electron chi connectivity index (χ4n) is 2.95. The van der Waals surface area contributed by atoms with E-state index in [-0.39, 0.29) is 0 Å². The van der Waals surface area contributed by atoms with Gasteiger partial charge < -0.3 is 14.0 Å². The number of fused-ring (bicyclic) bond motifs is 1. The van der Waals surface area contributed by atoms with Crippen molar-refractivity contribution in [2.75, 3.05) is 23.5 Å². The Hall–Kier alpha value is -2.29. The molecule has 3 rings (SSSR count). The highest BCUT2D eigenvalue weighted by atomic mass is 35.5. The Morgan fingerprint density at radius 3 is 2.45 bits per heavy atom. The standard InChI is InChI=1S/C20H20ClN3OS.C3H8/c1-24-19-12-16(25-2)8-9-17(19)18(13-22)20(24)14-4-6-15(7-5-14)23-26-11-3-10-21;1-3-2/h4-9,12,23H,3,10-11H2,1-2H3;3H2,1-2H3. The van der Waals surface area contributed by atoms with Crippen molar-refractivity contribution in [1.29, 1.82) is 5.26 Å². The molecular formula is C23H28ClN3OS. The van der Waals surface area contributed by atoms with Gasteiger partial charge in [0.15, 0.2) is 0 Å². The van der Waals surface area contributed by atoms with Crippen molar-refractivity contribution in [3.05, 3.63) is 48.0 Å². The predicted molar refractivity (Wildman–Crippen MR) is 127 cm³/mol. The van der Waals surface area contributed by atoms with Gasteiger partial charge in [-0.05, 0) is 36.2 Å². The van der Waals surface area contributed by atoms with Gasteiger partial charge >= 0.3 is 0 Å². The van der Waals surface area contributed by atoms with E-state index in [1.807, 2.05) is 54.1 Å². The highest BCUT2D eigenvalue weighted by Gasteiger charge is 2.17. The first kappa shape index (κ1) is 23.0. The van der Waals surface area contributed by atoms with Crippen LogP contribution in [0.1, 0.15) is 32.3 Å². The molecule has 0 unspecified atom stereocenters. The second kappa shape index (κ2) is 11.6. The molecule has 3 aromatic rings. The maximum Gasteiger partial charge on any atom is 0.120 e. The Bertz CT molecular complexity index is 961. The highest BCUT2D eigenvalue weighted by Crippen LogP contribution is 2.34. The zero-order valence-electron chi connectivity index (χ0n) is 17.5. The van der Waals surface area contributed by atoms with E-state index in [1.165, 1.54) is 6.42 Å². The summed E-state index contributed by atoms with van der Waals surface area (Å²) in [6.45, 7) is 4.25. The Morgan fingerprint density at radius 1 is 1.17 bits per heavy atom. The second-order valence-electron chi connectivity index (χ2n) is 6.56. The number of methoxy groups -OCH3 is 1. The number of ether oxygens (including phenoxy) is 1. The summed E-state index contributed by atoms with van der Waals surface area (Å²) < 4.78 is 10.7. The SMILES string of the molecule is CCC.COc1ccc2c(C#N)c(-c3ccc(NSCCCCl)cc3)n(C)c2c1. The smallest absolute Gasteiger partial charge is 0.120 e. The molecule has 0 bridgehead atoms. The predicted octanol–water partition coefficient (Wildman–Crippen LogP) is 6.83. The van der Waals surface area contributed by atoms with Crippen molar-refractivity contribution < 1.29 is 4.74 Å². The maximum atomic E-state index is 9.72. The minimum atomic E-state index is 0.677. The van der Waals surface area contributed by atoms with Gasteiger partial charge in [-0.1, -0.05) is 44.3 Å². The van der Waals surface area contributed by atoms with Gasteiger partial charge in [0.1, 0.15) is 11.8 Å². The van der Waals surface area contributed by atoms with Crippen LogP contribution >= 0.6 is 23.5 Å². The van der Waals surface area contributed by atoms with E-state index in [0.29, 0.717) is 11.4 Å². The van der Waals surface area contributed by atoms with E-state index in [2.05, 4.69) is 24.6 Å². The second-order valence-corrected chi connectivity index (χ2v) is 7.83. The number of nitrogens with zero attached hydrogens (tertiary/aromatic N) is 2. The van der Waals surface area contributed by atoms with Crippen LogP contribution in [0.25, 0.3) is 22.2 Å². The molecule has 0 aliphatic carbocycles. The minimum Gasteiger partial charge on any atom is -0.497 e. The number of benzene rings is 2. The molecule has 0 saturated carbocycles. The number of halogens is 1. The van der Waals surface area contributed by atoms with Gasteiger partial charge in [-0.3, -0.25) is 0 Å². The highest BCUT2D eigenvalue weighted by molar-refractivity contribution is 8.00. The monoisotopic (exact) mass is 429 g/mol. The molecule has 0 amide bonds. The lowest BCUT2D eigenvalue weighted by Gasteiger charge is -2.08. The molecule has 0 aliphatic rings. The average Bonchev–Trinajstić information content (AvgIpc) is 3.03. The Morgan fingerprint density at radius 2 is 1.86 bits per heavy atom. The number of nitriles is 1. The van der Waals surface area contributed by atoms with Crippen LogP contribution in [0.3, 0.4) is 0 Å². The Labute approximate surface area is 182 Å². The average molecular weight is 430 g/mol. The molecule has 154 valence electrons. The molecule has 0 atom stereocenters. The van der Waals surface area contributed by atoms with Crippen LogP contribution in [-0.2, 0) is 7.05 Å². The first-order valence-corrected chi connectivity index (χ1v) is 11.2. The molecule has 29 heavy (non-hydrogen) atoms. The van der Waals surface area contributed by atoms with Gasteiger partial charge in [0.25, 0.3) is 0 Å². The van der Waals surface area contributed by atoms with Crippen molar-refractivity contribution in [2.24, 2.45) is 7.05 Å². The summed E-state index contributed by atoms with van der Waals surface area (Å²) in [6.07, 6.45) is 2.22. The molecule has 0 spiro atoms. The zero-order valence-corrected chi connectivity index (χ0v) is 19.0. The van der Waals surface area contributed by atoms with Gasteiger partial charge in [-0.15, -0.1) is 11.6 Å². The third-order valence-electron chi connectivity index (χ3n) is 4.25. The van der Waals surface area contributed by atoms with Gasteiger partial charge in [-0.25, -0.2) is 0 Å².